The van der Waals surface area contributed by atoms with Gasteiger partial charge >= 0.3 is 30.1 Å². The molecule has 2 heterocycles. The number of benzene rings is 4. The summed E-state index contributed by atoms with van der Waals surface area (Å²) in [6.07, 6.45) is -6.23. The van der Waals surface area contributed by atoms with Gasteiger partial charge in [-0.1, -0.05) is 88.4 Å². The van der Waals surface area contributed by atoms with Crippen molar-refractivity contribution in [2.45, 2.75) is 161 Å². The van der Waals surface area contributed by atoms with Gasteiger partial charge in [0.2, 0.25) is 47.3 Å². The number of ketones is 3. The Kier molecular flexibility index (Phi) is 33.7. The van der Waals surface area contributed by atoms with Gasteiger partial charge in [0.1, 0.15) is 91.0 Å². The fraction of sp³-hybridized carbons (Fsp3) is 0.380. The first-order chi connectivity index (χ1) is 51.1. The molecule has 6 aromatic rings. The molecule has 13 N–H and O–H groups in total. The number of thiazole rings is 2. The summed E-state index contributed by atoms with van der Waals surface area (Å²) in [5.41, 5.74) is 2.89. The molecule has 4 aromatic carbocycles. The Morgan fingerprint density at radius 1 is 0.407 bits per heavy atom. The predicted molar refractivity (Wildman–Crippen MR) is 386 cm³/mol. The fourth-order valence-electron chi connectivity index (χ4n) is 9.93. The largest absolute Gasteiger partial charge is 0.481 e. The van der Waals surface area contributed by atoms with Crippen molar-refractivity contribution in [1.82, 2.24) is 52.5 Å². The third kappa shape index (κ3) is 29.1. The highest BCUT2D eigenvalue weighted by Gasteiger charge is 2.37. The van der Waals surface area contributed by atoms with Gasteiger partial charge in [0, 0.05) is 37.1 Å². The van der Waals surface area contributed by atoms with Crippen LogP contribution in [0.5, 0.6) is 0 Å². The average molecular weight is 1530 g/mol. The van der Waals surface area contributed by atoms with E-state index in [0.29, 0.717) is 37.2 Å². The van der Waals surface area contributed by atoms with Crippen molar-refractivity contribution in [3.8, 4) is 12.1 Å². The fourth-order valence-corrected chi connectivity index (χ4v) is 11.5. The van der Waals surface area contributed by atoms with Crippen LogP contribution < -0.4 is 53.2 Å². The molecule has 35 nitrogen and oxygen atoms in total. The molecule has 0 aliphatic heterocycles. The van der Waals surface area contributed by atoms with Gasteiger partial charge in [0.05, 0.1) is 33.3 Å². The van der Waals surface area contributed by atoms with Crippen molar-refractivity contribution in [1.29, 1.82) is 10.5 Å². The molecule has 8 atom stereocenters. The summed E-state index contributed by atoms with van der Waals surface area (Å²) in [5.74, 6) is -14.1. The average Bonchev–Trinajstić information content (AvgIpc) is 1.68. The number of nitriles is 2. The number of Topliss-reactive ketones (excluding diaryl/α,β-unsaturated/α-hetero) is 3. The number of rotatable bonds is 38. The normalized spacial score (nSPS) is 13.0. The van der Waals surface area contributed by atoms with Gasteiger partial charge in [-0.3, -0.25) is 62.3 Å². The maximum atomic E-state index is 13.7. The van der Waals surface area contributed by atoms with Gasteiger partial charge in [-0.2, -0.15) is 10.5 Å². The molecule has 0 saturated carbocycles. The predicted octanol–water partition coefficient (Wildman–Crippen LogP) is 4.17. The maximum Gasteiger partial charge on any atom is 0.408 e. The third-order valence-electron chi connectivity index (χ3n) is 15.3. The van der Waals surface area contributed by atoms with Crippen LogP contribution in [-0.4, -0.2) is 168 Å². The number of hydrogen-bond acceptors (Lipinski definition) is 24. The number of amides is 10. The summed E-state index contributed by atoms with van der Waals surface area (Å²) < 4.78 is 11.4. The molecule has 37 heteroatoms. The first-order valence-corrected chi connectivity index (χ1v) is 34.9. The highest BCUT2D eigenvalue weighted by atomic mass is 32.1. The molecule has 2 aromatic heterocycles. The number of aliphatic carboxylic acids is 3. The lowest BCUT2D eigenvalue weighted by atomic mass is 10.0. The zero-order chi connectivity index (χ0) is 79.9. The second kappa shape index (κ2) is 42.3. The summed E-state index contributed by atoms with van der Waals surface area (Å²) in [6, 6.07) is 18.4. The van der Waals surface area contributed by atoms with Crippen molar-refractivity contribution < 1.29 is 102 Å². The smallest absolute Gasteiger partial charge is 0.408 e. The summed E-state index contributed by atoms with van der Waals surface area (Å²) in [6.45, 7) is 9.72. The second-order valence-electron chi connectivity index (χ2n) is 25.0. The Hall–Kier alpha value is -12.6. The molecule has 0 saturated heterocycles. The summed E-state index contributed by atoms with van der Waals surface area (Å²) in [5, 5.41) is 70.9. The summed E-state index contributed by atoms with van der Waals surface area (Å²) in [7, 11) is 0. The van der Waals surface area contributed by atoms with E-state index in [4.69, 9.17) is 20.0 Å². The van der Waals surface area contributed by atoms with Crippen LogP contribution in [0.4, 0.5) is 21.0 Å². The number of ether oxygens (including phenoxy) is 2. The van der Waals surface area contributed by atoms with Crippen molar-refractivity contribution in [3.05, 3.63) is 118 Å². The molecule has 0 aliphatic rings. The number of aromatic nitrogens is 2. The van der Waals surface area contributed by atoms with E-state index in [-0.39, 0.29) is 54.0 Å². The topological polar surface area (TPSA) is 546 Å². The first kappa shape index (κ1) is 86.0. The van der Waals surface area contributed by atoms with Crippen LogP contribution >= 0.6 is 22.7 Å². The minimum atomic E-state index is -1.77. The van der Waals surface area contributed by atoms with E-state index in [1.54, 1.807) is 92.7 Å². The Morgan fingerprint density at radius 2 is 0.750 bits per heavy atom. The van der Waals surface area contributed by atoms with E-state index < -0.39 is 181 Å². The van der Waals surface area contributed by atoms with Crippen LogP contribution in [0.25, 0.3) is 20.4 Å². The number of anilines is 2. The van der Waals surface area contributed by atoms with Crippen molar-refractivity contribution in [2.75, 3.05) is 10.6 Å². The number of carboxylic acid groups (broad SMARTS) is 3. The highest BCUT2D eigenvalue weighted by molar-refractivity contribution is 7.19. The SMILES string of the molecule is CC(=O)CCC(NC(=O)C(CC(C)=O)NC(=O)OCc1ccccc1)C(=O)NC(C(=O)NC(CC(C)=O)C(=O)Nc1ccc2nc(C#N)sc2c1)C(C)C.CC(C)C(NC(=O)C(CCC(=O)O)NC(=O)C(CC(=O)O)NC(=O)OCc1ccccc1)C(=O)NC(CC(=O)O)C(=O)Nc1ccc2nc(C#N)sc2c1. The van der Waals surface area contributed by atoms with E-state index in [1.165, 1.54) is 52.8 Å². The van der Waals surface area contributed by atoms with Gasteiger partial charge in [-0.15, -0.1) is 22.7 Å². The quantitative estimate of drug-likeness (QED) is 0.0259. The number of hydrogen-bond donors (Lipinski definition) is 13. The Morgan fingerprint density at radius 3 is 1.09 bits per heavy atom. The third-order valence-corrected chi connectivity index (χ3v) is 17.2. The van der Waals surface area contributed by atoms with E-state index in [1.807, 2.05) is 12.1 Å². The Balaban J connectivity index is 0.000000387. The van der Waals surface area contributed by atoms with Gasteiger partial charge in [0.15, 0.2) is 10.0 Å². The van der Waals surface area contributed by atoms with E-state index in [0.717, 1.165) is 22.7 Å². The van der Waals surface area contributed by atoms with Crippen molar-refractivity contribution >= 4 is 149 Å². The number of alkyl carbamates (subject to hydrolysis) is 2. The molecule has 0 radical (unpaired) electrons. The number of carbonyl (C=O) groups is 16. The second-order valence-corrected chi connectivity index (χ2v) is 27.1. The standard InChI is InChI=1S/C37H43N7O9S.C34H37N7O12S/c1-20(2)32(36(51)42-28(15-22(4)46)34(49)39-25-12-14-26-30(17-25)54-31(18-38)40-26)44-33(48)27(13-11-21(3)45)41-35(50)29(16-23(5)47)43-37(52)53-19-24-9-7-6-8-10-24;1-17(2)29(33(51)39-22(13-27(44)45)31(49)36-19-8-9-20-24(12-19)54-25(15-35)37-20)41-30(48)21(10-11-26(42)43)38-32(50)23(14-28(46)47)40-34(52)53-16-18-6-4-3-5-7-18/h6-10,12,14,17,20,27-29,32H,11,13,15-16,19H2,1-5H3,(H,39,49)(H,41,50)(H,42,51)(H,43,52)(H,44,48);3-9,12,17,21-23,29H,10-11,13-14,16H2,1-2H3,(H,36,49)(H,38,50)(H,39,51)(H,40,52)(H,41,48)(H,42,43)(H,44,45)(H,46,47). The number of nitrogens with one attached hydrogen (secondary N) is 10. The number of carboxylic acids is 3. The van der Waals surface area contributed by atoms with Gasteiger partial charge in [0.25, 0.3) is 0 Å². The molecule has 0 aliphatic carbocycles. The molecule has 6 rings (SSSR count). The minimum absolute atomic E-state index is 0.106. The number of fused-ring (bicyclic) bond motifs is 2. The Bertz CT molecular complexity index is 4130. The van der Waals surface area contributed by atoms with E-state index >= 15 is 0 Å². The molecule has 8 unspecified atom stereocenters. The summed E-state index contributed by atoms with van der Waals surface area (Å²) in [4.78, 5) is 211. The van der Waals surface area contributed by atoms with Crippen molar-refractivity contribution in [2.24, 2.45) is 11.8 Å². The van der Waals surface area contributed by atoms with Crippen molar-refractivity contribution in [3.63, 3.8) is 0 Å². The maximum absolute atomic E-state index is 13.7. The van der Waals surface area contributed by atoms with E-state index in [2.05, 4.69) is 63.1 Å². The van der Waals surface area contributed by atoms with E-state index in [9.17, 15) is 92.0 Å². The molecular formula is C71H80N14O21S2. The number of carbonyl (C=O) groups excluding carboxylic acids is 13. The van der Waals surface area contributed by atoms with Crippen LogP contribution in [0.15, 0.2) is 97.1 Å². The van der Waals surface area contributed by atoms with Crippen LogP contribution in [0.3, 0.4) is 0 Å². The van der Waals surface area contributed by atoms with Crippen LogP contribution in [0.1, 0.15) is 121 Å². The number of nitrogens with zero attached hydrogens (tertiary/aromatic N) is 4. The molecule has 108 heavy (non-hydrogen) atoms. The Labute approximate surface area is 625 Å². The molecule has 10 amide bonds. The molecular weight excluding hydrogens is 1450 g/mol. The lowest BCUT2D eigenvalue weighted by Crippen LogP contribution is -2.59. The first-order valence-electron chi connectivity index (χ1n) is 33.3. The summed E-state index contributed by atoms with van der Waals surface area (Å²) >= 11 is 2.19. The van der Waals surface area contributed by atoms with Crippen LogP contribution in [0.2, 0.25) is 0 Å². The van der Waals surface area contributed by atoms with Crippen LogP contribution in [0, 0.1) is 34.5 Å². The lowest BCUT2D eigenvalue weighted by Gasteiger charge is -2.28. The molecule has 0 bridgehead atoms. The zero-order valence-corrected chi connectivity index (χ0v) is 61.0. The monoisotopic (exact) mass is 1530 g/mol. The van der Waals surface area contributed by atoms with Gasteiger partial charge < -0.3 is 82.8 Å². The van der Waals surface area contributed by atoms with Gasteiger partial charge in [-0.05, 0) is 93.0 Å². The highest BCUT2D eigenvalue weighted by Crippen LogP contribution is 2.27. The van der Waals surface area contributed by atoms with Crippen LogP contribution in [-0.2, 0) is 89.8 Å². The molecule has 0 spiro atoms. The van der Waals surface area contributed by atoms with Gasteiger partial charge in [-0.25, -0.2) is 19.6 Å². The molecule has 572 valence electrons. The lowest BCUT2D eigenvalue weighted by molar-refractivity contribution is -0.141. The minimum Gasteiger partial charge on any atom is -0.481 e. The zero-order valence-electron chi connectivity index (χ0n) is 59.4. The molecule has 0 fully saturated rings.